The lowest BCUT2D eigenvalue weighted by Crippen LogP contribution is -2.13. The van der Waals surface area contributed by atoms with Gasteiger partial charge < -0.3 is 5.32 Å². The highest BCUT2D eigenvalue weighted by Gasteiger charge is 2.25. The average Bonchev–Trinajstić information content (AvgIpc) is 2.71. The summed E-state index contributed by atoms with van der Waals surface area (Å²) in [5.41, 5.74) is 2.19. The van der Waals surface area contributed by atoms with Gasteiger partial charge in [0.05, 0.1) is 16.4 Å². The SMILES string of the molecule is O=C1Nc2ccccc2C1=Nc1ccc(F)c(Cl)c1. The van der Waals surface area contributed by atoms with E-state index in [-0.39, 0.29) is 10.9 Å². The predicted molar refractivity (Wildman–Crippen MR) is 72.7 cm³/mol. The van der Waals surface area contributed by atoms with Gasteiger partial charge in [0.1, 0.15) is 11.5 Å². The van der Waals surface area contributed by atoms with Crippen molar-refractivity contribution in [1.82, 2.24) is 0 Å². The van der Waals surface area contributed by atoms with E-state index < -0.39 is 5.82 Å². The Kier molecular flexibility index (Phi) is 2.80. The van der Waals surface area contributed by atoms with Crippen LogP contribution in [0.2, 0.25) is 5.02 Å². The maximum atomic E-state index is 13.1. The van der Waals surface area contributed by atoms with Crippen molar-refractivity contribution in [3.8, 4) is 0 Å². The maximum absolute atomic E-state index is 13.1. The Labute approximate surface area is 113 Å². The molecule has 5 heteroatoms. The smallest absolute Gasteiger partial charge is 0.275 e. The third-order valence-corrected chi connectivity index (χ3v) is 3.08. The fourth-order valence-electron chi connectivity index (χ4n) is 1.90. The van der Waals surface area contributed by atoms with Gasteiger partial charge in [-0.1, -0.05) is 29.8 Å². The van der Waals surface area contributed by atoms with Crippen LogP contribution in [0.5, 0.6) is 0 Å². The van der Waals surface area contributed by atoms with Crippen molar-refractivity contribution in [3.05, 3.63) is 58.9 Å². The van der Waals surface area contributed by atoms with Gasteiger partial charge in [0.2, 0.25) is 0 Å². The van der Waals surface area contributed by atoms with Crippen LogP contribution in [0.25, 0.3) is 0 Å². The van der Waals surface area contributed by atoms with Gasteiger partial charge >= 0.3 is 0 Å². The highest BCUT2D eigenvalue weighted by molar-refractivity contribution is 6.54. The molecule has 0 aliphatic carbocycles. The summed E-state index contributed by atoms with van der Waals surface area (Å²) >= 11 is 5.69. The van der Waals surface area contributed by atoms with Crippen LogP contribution in [0.15, 0.2) is 47.5 Å². The van der Waals surface area contributed by atoms with Crippen molar-refractivity contribution in [2.75, 3.05) is 5.32 Å². The normalized spacial score (nSPS) is 15.5. The van der Waals surface area contributed by atoms with Gasteiger partial charge in [-0.15, -0.1) is 0 Å². The van der Waals surface area contributed by atoms with Gasteiger partial charge in [-0.25, -0.2) is 9.38 Å². The zero-order valence-corrected chi connectivity index (χ0v) is 10.4. The van der Waals surface area contributed by atoms with E-state index in [2.05, 4.69) is 10.3 Å². The number of hydrogen-bond donors (Lipinski definition) is 1. The number of carbonyl (C=O) groups is 1. The number of para-hydroxylation sites is 1. The molecule has 0 unspecified atom stereocenters. The number of nitrogens with zero attached hydrogens (tertiary/aromatic N) is 1. The lowest BCUT2D eigenvalue weighted by atomic mass is 10.1. The topological polar surface area (TPSA) is 41.5 Å². The number of benzene rings is 2. The number of aliphatic imine (C=N–C) groups is 1. The molecule has 19 heavy (non-hydrogen) atoms. The van der Waals surface area contributed by atoms with E-state index in [1.54, 1.807) is 12.1 Å². The molecular weight excluding hydrogens is 267 g/mol. The molecule has 3 rings (SSSR count). The van der Waals surface area contributed by atoms with E-state index in [1.165, 1.54) is 18.2 Å². The van der Waals surface area contributed by atoms with Crippen molar-refractivity contribution >= 4 is 34.6 Å². The molecule has 0 fully saturated rings. The van der Waals surface area contributed by atoms with Crippen molar-refractivity contribution in [2.45, 2.75) is 0 Å². The second-order valence-electron chi connectivity index (χ2n) is 4.06. The number of rotatable bonds is 1. The van der Waals surface area contributed by atoms with Crippen molar-refractivity contribution in [2.24, 2.45) is 4.99 Å². The molecule has 94 valence electrons. The summed E-state index contributed by atoms with van der Waals surface area (Å²) in [6.07, 6.45) is 0. The van der Waals surface area contributed by atoms with Crippen LogP contribution >= 0.6 is 11.6 Å². The first-order valence-corrected chi connectivity index (χ1v) is 5.97. The number of hydrogen-bond acceptors (Lipinski definition) is 2. The summed E-state index contributed by atoms with van der Waals surface area (Å²) in [5.74, 6) is -0.788. The molecule has 1 N–H and O–H groups in total. The number of carbonyl (C=O) groups excluding carboxylic acids is 1. The predicted octanol–water partition coefficient (Wildman–Crippen LogP) is 3.55. The molecular formula is C14H8ClFN2O. The molecule has 0 spiro atoms. The zero-order chi connectivity index (χ0) is 13.4. The summed E-state index contributed by atoms with van der Waals surface area (Å²) < 4.78 is 13.1. The Bertz CT molecular complexity index is 712. The van der Waals surface area contributed by atoms with Gasteiger partial charge in [-0.05, 0) is 24.3 Å². The lowest BCUT2D eigenvalue weighted by Gasteiger charge is -1.99. The lowest BCUT2D eigenvalue weighted by molar-refractivity contribution is -0.110. The Morgan fingerprint density at radius 3 is 2.74 bits per heavy atom. The van der Waals surface area contributed by atoms with Crippen LogP contribution in [0.4, 0.5) is 15.8 Å². The second kappa shape index (κ2) is 4.48. The van der Waals surface area contributed by atoms with Crippen molar-refractivity contribution < 1.29 is 9.18 Å². The standard InChI is InChI=1S/C14H8ClFN2O/c15-10-7-8(5-6-11(10)16)17-13-9-3-1-2-4-12(9)18-14(13)19/h1-7H,(H,17,18,19). The second-order valence-corrected chi connectivity index (χ2v) is 4.47. The van der Waals surface area contributed by atoms with Crippen LogP contribution in [-0.4, -0.2) is 11.6 Å². The minimum absolute atomic E-state index is 0.0199. The molecule has 1 heterocycles. The molecule has 1 aliphatic rings. The monoisotopic (exact) mass is 274 g/mol. The van der Waals surface area contributed by atoms with E-state index in [4.69, 9.17) is 11.6 Å². The van der Waals surface area contributed by atoms with Gasteiger partial charge in [-0.3, -0.25) is 4.79 Å². The number of anilines is 1. The molecule has 2 aromatic carbocycles. The largest absolute Gasteiger partial charge is 0.320 e. The van der Waals surface area contributed by atoms with Crippen LogP contribution < -0.4 is 5.32 Å². The van der Waals surface area contributed by atoms with Gasteiger partial charge in [-0.2, -0.15) is 0 Å². The summed E-state index contributed by atoms with van der Waals surface area (Å²) in [4.78, 5) is 16.1. The molecule has 0 saturated carbocycles. The quantitative estimate of drug-likeness (QED) is 0.849. The van der Waals surface area contributed by atoms with Gasteiger partial charge in [0.25, 0.3) is 5.91 Å². The first kappa shape index (κ1) is 11.9. The van der Waals surface area contributed by atoms with Crippen molar-refractivity contribution in [1.29, 1.82) is 0 Å². The third-order valence-electron chi connectivity index (χ3n) is 2.79. The van der Waals surface area contributed by atoms with Gasteiger partial charge in [0, 0.05) is 5.56 Å². The Balaban J connectivity index is 2.08. The average molecular weight is 275 g/mol. The Morgan fingerprint density at radius 2 is 1.95 bits per heavy atom. The first-order valence-electron chi connectivity index (χ1n) is 5.59. The molecule has 3 nitrogen and oxygen atoms in total. The van der Waals surface area contributed by atoms with Gasteiger partial charge in [0.15, 0.2) is 0 Å². The molecule has 2 aromatic rings. The third kappa shape index (κ3) is 2.11. The maximum Gasteiger partial charge on any atom is 0.275 e. The number of amides is 1. The summed E-state index contributed by atoms with van der Waals surface area (Å²) in [6.45, 7) is 0. The molecule has 0 bridgehead atoms. The molecule has 1 amide bonds. The molecule has 0 radical (unpaired) electrons. The van der Waals surface area contributed by atoms with Crippen LogP contribution in [0, 0.1) is 5.82 Å². The number of nitrogens with one attached hydrogen (secondary N) is 1. The van der Waals surface area contributed by atoms with Crippen LogP contribution in [0.1, 0.15) is 5.56 Å². The Morgan fingerprint density at radius 1 is 1.16 bits per heavy atom. The molecule has 0 saturated heterocycles. The minimum Gasteiger partial charge on any atom is -0.320 e. The van der Waals surface area contributed by atoms with Crippen LogP contribution in [-0.2, 0) is 4.79 Å². The number of halogens is 2. The number of fused-ring (bicyclic) bond motifs is 1. The zero-order valence-electron chi connectivity index (χ0n) is 9.65. The van der Waals surface area contributed by atoms with E-state index >= 15 is 0 Å². The highest BCUT2D eigenvalue weighted by atomic mass is 35.5. The van der Waals surface area contributed by atoms with E-state index in [0.717, 1.165) is 11.3 Å². The molecule has 1 aliphatic heterocycles. The Hall–Kier alpha value is -2.20. The van der Waals surface area contributed by atoms with E-state index in [9.17, 15) is 9.18 Å². The highest BCUT2D eigenvalue weighted by Crippen LogP contribution is 2.27. The first-order chi connectivity index (χ1) is 9.15. The fourth-order valence-corrected chi connectivity index (χ4v) is 2.07. The van der Waals surface area contributed by atoms with Crippen molar-refractivity contribution in [3.63, 3.8) is 0 Å². The van der Waals surface area contributed by atoms with Crippen LogP contribution in [0.3, 0.4) is 0 Å². The van der Waals surface area contributed by atoms with E-state index in [0.29, 0.717) is 11.4 Å². The molecule has 0 aromatic heterocycles. The van der Waals surface area contributed by atoms with E-state index in [1.807, 2.05) is 12.1 Å². The molecule has 0 atom stereocenters. The minimum atomic E-state index is -0.512. The summed E-state index contributed by atoms with van der Waals surface area (Å²) in [6, 6.07) is 11.3. The fraction of sp³-hybridized carbons (Fsp3) is 0. The summed E-state index contributed by atoms with van der Waals surface area (Å²) in [5, 5.41) is 2.70. The summed E-state index contributed by atoms with van der Waals surface area (Å²) in [7, 11) is 0.